The van der Waals surface area contributed by atoms with E-state index in [-0.39, 0.29) is 29.7 Å². The van der Waals surface area contributed by atoms with Crippen molar-refractivity contribution >= 4 is 40.0 Å². The van der Waals surface area contributed by atoms with Crippen LogP contribution in [-0.4, -0.2) is 70.8 Å². The molecule has 0 aromatic rings. The Morgan fingerprint density at radius 3 is 2.52 bits per heavy atom. The minimum Gasteiger partial charge on any atom is -0.356 e. The van der Waals surface area contributed by atoms with E-state index in [0.29, 0.717) is 13.1 Å². The Balaban J connectivity index is 0.00000576. The van der Waals surface area contributed by atoms with Gasteiger partial charge in [-0.15, -0.1) is 24.0 Å². The number of piperidine rings is 1. The SMILES string of the molecule is CCC1CCCCN1CCNC(=NC)NCCCNS(=O)(=O)CC.I. The van der Waals surface area contributed by atoms with E-state index < -0.39 is 10.0 Å². The van der Waals surface area contributed by atoms with Gasteiger partial charge in [0, 0.05) is 39.3 Å². The number of hydrogen-bond acceptors (Lipinski definition) is 4. The fraction of sp³-hybridized carbons (Fsp3) is 0.938. The highest BCUT2D eigenvalue weighted by atomic mass is 127. The van der Waals surface area contributed by atoms with Gasteiger partial charge in [-0.2, -0.15) is 0 Å². The summed E-state index contributed by atoms with van der Waals surface area (Å²) in [5, 5.41) is 6.56. The van der Waals surface area contributed by atoms with Crippen LogP contribution in [-0.2, 0) is 10.0 Å². The lowest BCUT2D eigenvalue weighted by Crippen LogP contribution is -2.46. The molecule has 0 saturated carbocycles. The third kappa shape index (κ3) is 10.6. The zero-order chi connectivity index (χ0) is 17.8. The van der Waals surface area contributed by atoms with Crippen molar-refractivity contribution < 1.29 is 8.42 Å². The van der Waals surface area contributed by atoms with E-state index in [4.69, 9.17) is 0 Å². The summed E-state index contributed by atoms with van der Waals surface area (Å²) >= 11 is 0. The van der Waals surface area contributed by atoms with Gasteiger partial charge in [-0.1, -0.05) is 13.3 Å². The van der Waals surface area contributed by atoms with Gasteiger partial charge in [0.05, 0.1) is 5.75 Å². The van der Waals surface area contributed by atoms with E-state index >= 15 is 0 Å². The van der Waals surface area contributed by atoms with Crippen molar-refractivity contribution in [3.05, 3.63) is 0 Å². The second kappa shape index (κ2) is 14.0. The molecule has 7 nitrogen and oxygen atoms in total. The molecule has 150 valence electrons. The monoisotopic (exact) mass is 489 g/mol. The number of halogens is 1. The van der Waals surface area contributed by atoms with Gasteiger partial charge in [0.15, 0.2) is 5.96 Å². The lowest BCUT2D eigenvalue weighted by Gasteiger charge is -2.35. The molecule has 0 amide bonds. The standard InChI is InChI=1S/C16H35N5O2S.HI/c1-4-15-9-6-7-13-21(15)14-12-19-16(17-3)18-10-8-11-20-24(22,23)5-2;/h15,20H,4-14H2,1-3H3,(H2,17,18,19);1H. The number of guanidine groups is 1. The molecule has 9 heteroatoms. The molecule has 0 aromatic heterocycles. The van der Waals surface area contributed by atoms with Crippen molar-refractivity contribution in [2.24, 2.45) is 4.99 Å². The van der Waals surface area contributed by atoms with E-state index in [2.05, 4.69) is 32.2 Å². The van der Waals surface area contributed by atoms with Gasteiger partial charge < -0.3 is 10.6 Å². The van der Waals surface area contributed by atoms with Gasteiger partial charge >= 0.3 is 0 Å². The second-order valence-electron chi connectivity index (χ2n) is 6.17. The van der Waals surface area contributed by atoms with Crippen molar-refractivity contribution in [2.45, 2.75) is 52.0 Å². The van der Waals surface area contributed by atoms with Crippen molar-refractivity contribution in [1.82, 2.24) is 20.3 Å². The number of nitrogens with zero attached hydrogens (tertiary/aromatic N) is 2. The van der Waals surface area contributed by atoms with E-state index in [1.165, 1.54) is 32.2 Å². The Kier molecular flexibility index (Phi) is 13.9. The summed E-state index contributed by atoms with van der Waals surface area (Å²) in [6.45, 7) is 8.15. The molecule has 0 aliphatic carbocycles. The lowest BCUT2D eigenvalue weighted by molar-refractivity contribution is 0.147. The molecule has 25 heavy (non-hydrogen) atoms. The predicted octanol–water partition coefficient (Wildman–Crippen LogP) is 1.36. The summed E-state index contributed by atoms with van der Waals surface area (Å²) in [4.78, 5) is 6.78. The van der Waals surface area contributed by atoms with E-state index in [9.17, 15) is 8.42 Å². The zero-order valence-corrected chi connectivity index (χ0v) is 19.0. The van der Waals surface area contributed by atoms with Crippen molar-refractivity contribution in [3.8, 4) is 0 Å². The largest absolute Gasteiger partial charge is 0.356 e. The van der Waals surface area contributed by atoms with Crippen LogP contribution in [0.1, 0.15) is 46.0 Å². The van der Waals surface area contributed by atoms with Crippen molar-refractivity contribution in [1.29, 1.82) is 0 Å². The third-order valence-corrected chi connectivity index (χ3v) is 5.89. The first kappa shape index (κ1) is 24.9. The van der Waals surface area contributed by atoms with Gasteiger partial charge in [-0.3, -0.25) is 9.89 Å². The normalized spacial score (nSPS) is 19.3. The fourth-order valence-corrected chi connectivity index (χ4v) is 3.64. The van der Waals surface area contributed by atoms with Crippen LogP contribution in [0.4, 0.5) is 0 Å². The van der Waals surface area contributed by atoms with Crippen LogP contribution in [0.25, 0.3) is 0 Å². The van der Waals surface area contributed by atoms with E-state index in [1.807, 2.05) is 0 Å². The molecule has 1 aliphatic heterocycles. The summed E-state index contributed by atoms with van der Waals surface area (Å²) in [6.07, 6.45) is 5.92. The Morgan fingerprint density at radius 1 is 1.16 bits per heavy atom. The molecule has 3 N–H and O–H groups in total. The maximum atomic E-state index is 11.3. The van der Waals surface area contributed by atoms with Crippen LogP contribution in [0, 0.1) is 0 Å². The van der Waals surface area contributed by atoms with Crippen LogP contribution in [0.15, 0.2) is 4.99 Å². The number of hydrogen-bond donors (Lipinski definition) is 3. The molecule has 1 heterocycles. The minimum absolute atomic E-state index is 0. The Bertz CT molecular complexity index is 473. The van der Waals surface area contributed by atoms with Gasteiger partial charge in [-0.05, 0) is 39.2 Å². The van der Waals surface area contributed by atoms with Crippen molar-refractivity contribution in [2.75, 3.05) is 45.5 Å². The summed E-state index contributed by atoms with van der Waals surface area (Å²) in [6, 6.07) is 0.724. The Hall–Kier alpha value is -0.130. The van der Waals surface area contributed by atoms with Crippen LogP contribution in [0.5, 0.6) is 0 Å². The number of aliphatic imine (C=N–C) groups is 1. The lowest BCUT2D eigenvalue weighted by atomic mass is 10.0. The van der Waals surface area contributed by atoms with Crippen LogP contribution >= 0.6 is 24.0 Å². The highest BCUT2D eigenvalue weighted by Gasteiger charge is 2.19. The molecule has 1 saturated heterocycles. The van der Waals surface area contributed by atoms with Gasteiger partial charge in [0.2, 0.25) is 10.0 Å². The minimum atomic E-state index is -3.09. The summed E-state index contributed by atoms with van der Waals surface area (Å²) in [5.41, 5.74) is 0. The molecule has 1 aliphatic rings. The number of rotatable bonds is 10. The van der Waals surface area contributed by atoms with Crippen LogP contribution in [0.3, 0.4) is 0 Å². The molecular weight excluding hydrogens is 453 g/mol. The molecule has 1 rings (SSSR count). The Labute approximate surface area is 170 Å². The first-order valence-electron chi connectivity index (χ1n) is 9.18. The summed E-state index contributed by atoms with van der Waals surface area (Å²) in [5.74, 6) is 0.900. The fourth-order valence-electron chi connectivity index (χ4n) is 2.98. The first-order chi connectivity index (χ1) is 11.5. The molecule has 0 radical (unpaired) electrons. The smallest absolute Gasteiger partial charge is 0.211 e. The molecule has 0 aromatic carbocycles. The van der Waals surface area contributed by atoms with Gasteiger partial charge in [0.25, 0.3) is 0 Å². The topological polar surface area (TPSA) is 85.8 Å². The molecule has 1 unspecified atom stereocenters. The molecular formula is C16H36IN5O2S. The number of sulfonamides is 1. The average molecular weight is 489 g/mol. The predicted molar refractivity (Wildman–Crippen MR) is 116 cm³/mol. The highest BCUT2D eigenvalue weighted by molar-refractivity contribution is 14.0. The summed E-state index contributed by atoms with van der Waals surface area (Å²) < 4.78 is 25.2. The van der Waals surface area contributed by atoms with E-state index in [1.54, 1.807) is 14.0 Å². The maximum absolute atomic E-state index is 11.3. The highest BCUT2D eigenvalue weighted by Crippen LogP contribution is 2.18. The number of likely N-dealkylation sites (tertiary alicyclic amines) is 1. The Morgan fingerprint density at radius 2 is 1.88 bits per heavy atom. The summed E-state index contributed by atoms with van der Waals surface area (Å²) in [7, 11) is -1.33. The van der Waals surface area contributed by atoms with Crippen LogP contribution in [0.2, 0.25) is 0 Å². The van der Waals surface area contributed by atoms with Gasteiger partial charge in [-0.25, -0.2) is 13.1 Å². The first-order valence-corrected chi connectivity index (χ1v) is 10.8. The molecule has 1 fully saturated rings. The number of nitrogens with one attached hydrogen (secondary N) is 3. The third-order valence-electron chi connectivity index (χ3n) is 4.48. The molecule has 0 spiro atoms. The maximum Gasteiger partial charge on any atom is 0.211 e. The van der Waals surface area contributed by atoms with Crippen LogP contribution < -0.4 is 15.4 Å². The average Bonchev–Trinajstić information content (AvgIpc) is 2.60. The quantitative estimate of drug-likeness (QED) is 0.187. The van der Waals surface area contributed by atoms with Crippen molar-refractivity contribution in [3.63, 3.8) is 0 Å². The molecule has 0 bridgehead atoms. The zero-order valence-electron chi connectivity index (χ0n) is 15.9. The second-order valence-corrected chi connectivity index (χ2v) is 8.27. The van der Waals surface area contributed by atoms with Gasteiger partial charge in [0.1, 0.15) is 0 Å². The molecule has 1 atom stereocenters. The van der Waals surface area contributed by atoms with E-state index in [0.717, 1.165) is 31.5 Å².